The van der Waals surface area contributed by atoms with Gasteiger partial charge in [0.05, 0.1) is 6.61 Å². The van der Waals surface area contributed by atoms with Crippen LogP contribution in [0.15, 0.2) is 0 Å². The lowest BCUT2D eigenvalue weighted by Gasteiger charge is -2.36. The maximum atomic E-state index is 12.2. The minimum Gasteiger partial charge on any atom is -0.465 e. The predicted molar refractivity (Wildman–Crippen MR) is 82.2 cm³/mol. The molecule has 0 bridgehead atoms. The highest BCUT2D eigenvalue weighted by Gasteiger charge is 2.47. The van der Waals surface area contributed by atoms with Gasteiger partial charge in [0, 0.05) is 19.8 Å². The summed E-state index contributed by atoms with van der Waals surface area (Å²) < 4.78 is 10.5. The number of carbonyl (C=O) groups excluding carboxylic acids is 1. The molecule has 1 heterocycles. The smallest absolute Gasteiger partial charge is 0.326 e. The summed E-state index contributed by atoms with van der Waals surface area (Å²) in [5.41, 5.74) is -0.468. The number of rotatable bonds is 6. The van der Waals surface area contributed by atoms with E-state index < -0.39 is 5.54 Å². The Bertz CT molecular complexity index is 342. The third-order valence-electron chi connectivity index (χ3n) is 5.20. The molecule has 1 aliphatic carbocycles. The van der Waals surface area contributed by atoms with Crippen LogP contribution in [0.25, 0.3) is 0 Å². The van der Waals surface area contributed by atoms with Gasteiger partial charge in [-0.05, 0) is 65.1 Å². The molecule has 5 heteroatoms. The SMILES string of the molecule is CCOC(=O)C1(NC)CCC(N2CCC(COC)CC2)C1. The van der Waals surface area contributed by atoms with E-state index in [0.717, 1.165) is 39.0 Å². The Labute approximate surface area is 128 Å². The van der Waals surface area contributed by atoms with Crippen LogP contribution in [0.1, 0.15) is 39.0 Å². The van der Waals surface area contributed by atoms with Crippen LogP contribution in [0.2, 0.25) is 0 Å². The summed E-state index contributed by atoms with van der Waals surface area (Å²) in [6, 6.07) is 0.505. The second-order valence-electron chi connectivity index (χ2n) is 6.38. The van der Waals surface area contributed by atoms with Gasteiger partial charge in [-0.25, -0.2) is 0 Å². The Morgan fingerprint density at radius 2 is 2.05 bits per heavy atom. The van der Waals surface area contributed by atoms with Gasteiger partial charge in [-0.1, -0.05) is 0 Å². The lowest BCUT2D eigenvalue weighted by Crippen LogP contribution is -2.51. The first-order valence-corrected chi connectivity index (χ1v) is 8.24. The molecule has 0 aromatic rings. The van der Waals surface area contributed by atoms with Crippen molar-refractivity contribution in [1.82, 2.24) is 10.2 Å². The van der Waals surface area contributed by atoms with Crippen LogP contribution in [0.3, 0.4) is 0 Å². The quantitative estimate of drug-likeness (QED) is 0.752. The van der Waals surface area contributed by atoms with E-state index in [1.807, 2.05) is 14.0 Å². The molecule has 0 aromatic heterocycles. The van der Waals surface area contributed by atoms with Crippen LogP contribution in [0.5, 0.6) is 0 Å². The molecule has 0 radical (unpaired) electrons. The second kappa shape index (κ2) is 7.56. The third-order valence-corrected chi connectivity index (χ3v) is 5.20. The molecular weight excluding hydrogens is 268 g/mol. The summed E-state index contributed by atoms with van der Waals surface area (Å²) >= 11 is 0. The number of ether oxygens (including phenoxy) is 2. The summed E-state index contributed by atoms with van der Waals surface area (Å²) in [6.45, 7) is 5.45. The van der Waals surface area contributed by atoms with Gasteiger partial charge in [0.15, 0.2) is 0 Å². The molecule has 2 rings (SSSR count). The summed E-state index contributed by atoms with van der Waals surface area (Å²) in [5, 5.41) is 3.24. The first-order valence-electron chi connectivity index (χ1n) is 8.24. The molecule has 21 heavy (non-hydrogen) atoms. The van der Waals surface area contributed by atoms with Crippen LogP contribution in [-0.2, 0) is 14.3 Å². The number of carbonyl (C=O) groups is 1. The lowest BCUT2D eigenvalue weighted by molar-refractivity contribution is -0.151. The predicted octanol–water partition coefficient (Wildman–Crippen LogP) is 1.42. The number of likely N-dealkylation sites (N-methyl/N-ethyl adjacent to an activating group) is 1. The maximum absolute atomic E-state index is 12.2. The van der Waals surface area contributed by atoms with E-state index in [0.29, 0.717) is 18.6 Å². The van der Waals surface area contributed by atoms with Crippen LogP contribution >= 0.6 is 0 Å². The van der Waals surface area contributed by atoms with Gasteiger partial charge in [-0.15, -0.1) is 0 Å². The fourth-order valence-electron chi connectivity index (χ4n) is 3.84. The summed E-state index contributed by atoms with van der Waals surface area (Å²) in [7, 11) is 3.66. The first-order chi connectivity index (χ1) is 10.1. The molecule has 2 unspecified atom stereocenters. The minimum atomic E-state index is -0.468. The molecule has 0 aromatic carbocycles. The van der Waals surface area contributed by atoms with Gasteiger partial charge in [-0.2, -0.15) is 0 Å². The zero-order valence-electron chi connectivity index (χ0n) is 13.7. The molecule has 0 spiro atoms. The van der Waals surface area contributed by atoms with E-state index in [-0.39, 0.29) is 5.97 Å². The van der Waals surface area contributed by atoms with E-state index in [9.17, 15) is 4.79 Å². The van der Waals surface area contributed by atoms with Crippen molar-refractivity contribution in [3.05, 3.63) is 0 Å². The van der Waals surface area contributed by atoms with E-state index in [4.69, 9.17) is 9.47 Å². The van der Waals surface area contributed by atoms with Gasteiger partial charge in [0.2, 0.25) is 0 Å². The Morgan fingerprint density at radius 3 is 2.62 bits per heavy atom. The average Bonchev–Trinajstić information content (AvgIpc) is 2.94. The molecule has 1 aliphatic heterocycles. The van der Waals surface area contributed by atoms with Gasteiger partial charge in [0.1, 0.15) is 5.54 Å². The van der Waals surface area contributed by atoms with Gasteiger partial charge >= 0.3 is 5.97 Å². The van der Waals surface area contributed by atoms with Crippen LogP contribution < -0.4 is 5.32 Å². The number of piperidine rings is 1. The number of methoxy groups -OCH3 is 1. The van der Waals surface area contributed by atoms with Crippen molar-refractivity contribution < 1.29 is 14.3 Å². The zero-order chi connectivity index (χ0) is 15.3. The number of hydrogen-bond donors (Lipinski definition) is 1. The van der Waals surface area contributed by atoms with Gasteiger partial charge in [0.25, 0.3) is 0 Å². The van der Waals surface area contributed by atoms with Crippen molar-refractivity contribution in [2.45, 2.75) is 50.6 Å². The summed E-state index contributed by atoms with van der Waals surface area (Å²) in [4.78, 5) is 14.8. The fourth-order valence-corrected chi connectivity index (χ4v) is 3.84. The van der Waals surface area contributed by atoms with Crippen molar-refractivity contribution >= 4 is 5.97 Å². The van der Waals surface area contributed by atoms with Crippen molar-refractivity contribution in [2.75, 3.05) is 40.5 Å². The molecule has 122 valence electrons. The van der Waals surface area contributed by atoms with Crippen LogP contribution in [-0.4, -0.2) is 62.9 Å². The Morgan fingerprint density at radius 1 is 1.33 bits per heavy atom. The van der Waals surface area contributed by atoms with Crippen LogP contribution in [0, 0.1) is 5.92 Å². The molecule has 1 N–H and O–H groups in total. The molecule has 1 saturated carbocycles. The number of nitrogens with zero attached hydrogens (tertiary/aromatic N) is 1. The Kier molecular flexibility index (Phi) is 6.02. The number of nitrogens with one attached hydrogen (secondary N) is 1. The van der Waals surface area contributed by atoms with Crippen molar-refractivity contribution in [3.8, 4) is 0 Å². The number of esters is 1. The van der Waals surface area contributed by atoms with E-state index in [1.165, 1.54) is 12.8 Å². The summed E-state index contributed by atoms with van der Waals surface area (Å²) in [5.74, 6) is 0.621. The summed E-state index contributed by atoms with van der Waals surface area (Å²) in [6.07, 6.45) is 5.24. The number of likely N-dealkylation sites (tertiary alicyclic amines) is 1. The molecule has 0 amide bonds. The highest BCUT2D eigenvalue weighted by atomic mass is 16.5. The largest absolute Gasteiger partial charge is 0.465 e. The molecule has 5 nitrogen and oxygen atoms in total. The third kappa shape index (κ3) is 3.76. The minimum absolute atomic E-state index is 0.0794. The second-order valence-corrected chi connectivity index (χ2v) is 6.38. The molecule has 1 saturated heterocycles. The highest BCUT2D eigenvalue weighted by molar-refractivity contribution is 5.81. The average molecular weight is 298 g/mol. The molecule has 2 aliphatic rings. The van der Waals surface area contributed by atoms with E-state index in [1.54, 1.807) is 7.11 Å². The van der Waals surface area contributed by atoms with Gasteiger partial charge in [-0.3, -0.25) is 4.79 Å². The van der Waals surface area contributed by atoms with Gasteiger partial charge < -0.3 is 19.7 Å². The standard InChI is InChI=1S/C16H30N2O3/c1-4-21-15(19)16(17-2)8-5-14(11-16)18-9-6-13(7-10-18)12-20-3/h13-14,17H,4-12H2,1-3H3. The Hall–Kier alpha value is -0.650. The van der Waals surface area contributed by atoms with E-state index >= 15 is 0 Å². The van der Waals surface area contributed by atoms with E-state index in [2.05, 4.69) is 10.2 Å². The zero-order valence-corrected chi connectivity index (χ0v) is 13.7. The highest BCUT2D eigenvalue weighted by Crippen LogP contribution is 2.35. The molecule has 2 fully saturated rings. The van der Waals surface area contributed by atoms with Crippen molar-refractivity contribution in [3.63, 3.8) is 0 Å². The Balaban J connectivity index is 1.88. The monoisotopic (exact) mass is 298 g/mol. The van der Waals surface area contributed by atoms with Crippen molar-refractivity contribution in [1.29, 1.82) is 0 Å². The molecule has 2 atom stereocenters. The fraction of sp³-hybridized carbons (Fsp3) is 0.938. The topological polar surface area (TPSA) is 50.8 Å². The first kappa shape index (κ1) is 16.7. The normalized spacial score (nSPS) is 31.5. The number of hydrogen-bond acceptors (Lipinski definition) is 5. The molecular formula is C16H30N2O3. The van der Waals surface area contributed by atoms with Crippen molar-refractivity contribution in [2.24, 2.45) is 5.92 Å². The maximum Gasteiger partial charge on any atom is 0.326 e. The lowest BCUT2D eigenvalue weighted by atomic mass is 9.94. The van der Waals surface area contributed by atoms with Crippen LogP contribution in [0.4, 0.5) is 0 Å².